The van der Waals surface area contributed by atoms with Crippen molar-refractivity contribution in [3.05, 3.63) is 22.2 Å². The zero-order valence-electron chi connectivity index (χ0n) is 12.8. The van der Waals surface area contributed by atoms with E-state index in [1.807, 2.05) is 12.1 Å². The lowest BCUT2D eigenvalue weighted by Gasteiger charge is -2.39. The SMILES string of the molecule is CCC1CCN(Cc2cc(Br)c(O)c(OC)c2)C(CN)C1. The number of ether oxygens (including phenoxy) is 1. The van der Waals surface area contributed by atoms with Crippen LogP contribution in [0.1, 0.15) is 31.7 Å². The molecule has 0 spiro atoms. The third-order valence-corrected chi connectivity index (χ3v) is 5.09. The third kappa shape index (κ3) is 3.90. The topological polar surface area (TPSA) is 58.7 Å². The summed E-state index contributed by atoms with van der Waals surface area (Å²) in [6.45, 7) is 4.89. The lowest BCUT2D eigenvalue weighted by Crippen LogP contribution is -2.46. The molecule has 2 rings (SSSR count). The smallest absolute Gasteiger partial charge is 0.172 e. The summed E-state index contributed by atoms with van der Waals surface area (Å²) in [4.78, 5) is 2.45. The summed E-state index contributed by atoms with van der Waals surface area (Å²) in [7, 11) is 1.57. The highest BCUT2D eigenvalue weighted by Crippen LogP contribution is 2.36. The first-order valence-corrected chi connectivity index (χ1v) is 8.37. The number of nitrogens with zero attached hydrogens (tertiary/aromatic N) is 1. The molecule has 0 bridgehead atoms. The molecule has 3 N–H and O–H groups in total. The van der Waals surface area contributed by atoms with E-state index in [0.29, 0.717) is 22.8 Å². The predicted octanol–water partition coefficient (Wildman–Crippen LogP) is 3.11. The van der Waals surface area contributed by atoms with Gasteiger partial charge in [0.1, 0.15) is 0 Å². The van der Waals surface area contributed by atoms with E-state index in [1.54, 1.807) is 7.11 Å². The molecule has 1 aliphatic rings. The average Bonchev–Trinajstić information content (AvgIpc) is 2.51. The standard InChI is InChI=1S/C16H25BrN2O2/c1-3-11-4-5-19(13(6-11)9-18)10-12-7-14(17)16(20)15(8-12)21-2/h7-8,11,13,20H,3-6,9-10,18H2,1-2H3. The van der Waals surface area contributed by atoms with Crippen LogP contribution >= 0.6 is 15.9 Å². The molecule has 0 aromatic heterocycles. The molecule has 1 aliphatic heterocycles. The molecule has 1 fully saturated rings. The molecule has 2 unspecified atom stereocenters. The van der Waals surface area contributed by atoms with E-state index >= 15 is 0 Å². The number of piperidine rings is 1. The van der Waals surface area contributed by atoms with Crippen LogP contribution < -0.4 is 10.5 Å². The minimum atomic E-state index is 0.154. The number of benzene rings is 1. The van der Waals surface area contributed by atoms with Crippen molar-refractivity contribution in [2.75, 3.05) is 20.2 Å². The minimum Gasteiger partial charge on any atom is -0.503 e. The third-order valence-electron chi connectivity index (χ3n) is 4.49. The average molecular weight is 357 g/mol. The zero-order valence-corrected chi connectivity index (χ0v) is 14.4. The van der Waals surface area contributed by atoms with Crippen LogP contribution in [0.5, 0.6) is 11.5 Å². The Hall–Kier alpha value is -0.780. The van der Waals surface area contributed by atoms with Crippen LogP contribution in [0.4, 0.5) is 0 Å². The summed E-state index contributed by atoms with van der Waals surface area (Å²) in [5.41, 5.74) is 7.09. The molecule has 0 aliphatic carbocycles. The summed E-state index contributed by atoms with van der Waals surface area (Å²) >= 11 is 3.38. The first-order chi connectivity index (χ1) is 10.1. The van der Waals surface area contributed by atoms with Gasteiger partial charge in [-0.15, -0.1) is 0 Å². The highest BCUT2D eigenvalue weighted by molar-refractivity contribution is 9.10. The number of methoxy groups -OCH3 is 1. The molecule has 5 heteroatoms. The molecule has 1 aromatic rings. The van der Waals surface area contributed by atoms with Gasteiger partial charge >= 0.3 is 0 Å². The first-order valence-electron chi connectivity index (χ1n) is 7.58. The monoisotopic (exact) mass is 356 g/mol. The summed E-state index contributed by atoms with van der Waals surface area (Å²) in [5, 5.41) is 9.89. The van der Waals surface area contributed by atoms with Gasteiger partial charge in [-0.25, -0.2) is 0 Å². The molecular weight excluding hydrogens is 332 g/mol. The van der Waals surface area contributed by atoms with Crippen LogP contribution in [0.25, 0.3) is 0 Å². The molecule has 0 radical (unpaired) electrons. The quantitative estimate of drug-likeness (QED) is 0.850. The van der Waals surface area contributed by atoms with Gasteiger partial charge in [-0.05, 0) is 58.9 Å². The highest BCUT2D eigenvalue weighted by atomic mass is 79.9. The van der Waals surface area contributed by atoms with Gasteiger partial charge < -0.3 is 15.6 Å². The van der Waals surface area contributed by atoms with Crippen molar-refractivity contribution >= 4 is 15.9 Å². The number of halogens is 1. The van der Waals surface area contributed by atoms with Gasteiger partial charge in [-0.2, -0.15) is 0 Å². The second-order valence-electron chi connectivity index (χ2n) is 5.79. The number of aromatic hydroxyl groups is 1. The molecule has 1 saturated heterocycles. The minimum absolute atomic E-state index is 0.154. The second-order valence-corrected chi connectivity index (χ2v) is 6.64. The Balaban J connectivity index is 2.12. The van der Waals surface area contributed by atoms with E-state index in [2.05, 4.69) is 27.8 Å². The van der Waals surface area contributed by atoms with Crippen LogP contribution in [-0.2, 0) is 6.54 Å². The maximum Gasteiger partial charge on any atom is 0.172 e. The Morgan fingerprint density at radius 2 is 2.24 bits per heavy atom. The van der Waals surface area contributed by atoms with E-state index in [0.717, 1.165) is 24.6 Å². The van der Waals surface area contributed by atoms with Gasteiger partial charge in [-0.1, -0.05) is 13.3 Å². The summed E-state index contributed by atoms with van der Waals surface area (Å²) in [6, 6.07) is 4.30. The van der Waals surface area contributed by atoms with Crippen LogP contribution in [0.15, 0.2) is 16.6 Å². The fraction of sp³-hybridized carbons (Fsp3) is 0.625. The zero-order chi connectivity index (χ0) is 15.4. The van der Waals surface area contributed by atoms with Crippen molar-refractivity contribution < 1.29 is 9.84 Å². The van der Waals surface area contributed by atoms with Gasteiger partial charge in [0.2, 0.25) is 0 Å². The predicted molar refractivity (Wildman–Crippen MR) is 88.6 cm³/mol. The van der Waals surface area contributed by atoms with Crippen molar-refractivity contribution in [2.24, 2.45) is 11.7 Å². The van der Waals surface area contributed by atoms with Crippen molar-refractivity contribution in [2.45, 2.75) is 38.8 Å². The van der Waals surface area contributed by atoms with Crippen LogP contribution in [0.3, 0.4) is 0 Å². The van der Waals surface area contributed by atoms with E-state index in [-0.39, 0.29) is 5.75 Å². The van der Waals surface area contributed by atoms with Crippen LogP contribution in [-0.4, -0.2) is 36.2 Å². The van der Waals surface area contributed by atoms with Gasteiger partial charge in [0, 0.05) is 19.1 Å². The highest BCUT2D eigenvalue weighted by Gasteiger charge is 2.26. The first kappa shape index (κ1) is 16.6. The van der Waals surface area contributed by atoms with Gasteiger partial charge in [0.25, 0.3) is 0 Å². The van der Waals surface area contributed by atoms with Gasteiger partial charge in [-0.3, -0.25) is 4.90 Å². The number of nitrogens with two attached hydrogens (primary N) is 1. The van der Waals surface area contributed by atoms with Crippen LogP contribution in [0.2, 0.25) is 0 Å². The Bertz CT molecular complexity index is 482. The molecule has 118 valence electrons. The molecule has 2 atom stereocenters. The Morgan fingerprint density at radius 3 is 2.86 bits per heavy atom. The fourth-order valence-corrected chi connectivity index (χ4v) is 3.60. The van der Waals surface area contributed by atoms with Crippen LogP contribution in [0, 0.1) is 5.92 Å². The fourth-order valence-electron chi connectivity index (χ4n) is 3.12. The van der Waals surface area contributed by atoms with Gasteiger partial charge in [0.05, 0.1) is 11.6 Å². The van der Waals surface area contributed by atoms with Crippen molar-refractivity contribution in [3.63, 3.8) is 0 Å². The largest absolute Gasteiger partial charge is 0.503 e. The molecule has 4 nitrogen and oxygen atoms in total. The van der Waals surface area contributed by atoms with Crippen molar-refractivity contribution in [1.82, 2.24) is 4.90 Å². The number of phenols is 1. The van der Waals surface area contributed by atoms with Crippen molar-refractivity contribution in [3.8, 4) is 11.5 Å². The maximum absolute atomic E-state index is 9.89. The second kappa shape index (κ2) is 7.47. The van der Waals surface area contributed by atoms with E-state index < -0.39 is 0 Å². The Labute approximate surface area is 135 Å². The molecule has 21 heavy (non-hydrogen) atoms. The van der Waals surface area contributed by atoms with Gasteiger partial charge in [0.15, 0.2) is 11.5 Å². The summed E-state index contributed by atoms with van der Waals surface area (Å²) in [5.74, 6) is 1.46. The molecular formula is C16H25BrN2O2. The van der Waals surface area contributed by atoms with E-state index in [1.165, 1.54) is 19.3 Å². The number of phenolic OH excluding ortho intramolecular Hbond substituents is 1. The van der Waals surface area contributed by atoms with E-state index in [9.17, 15) is 5.11 Å². The lowest BCUT2D eigenvalue weighted by atomic mass is 9.88. The number of hydrogen-bond donors (Lipinski definition) is 2. The Morgan fingerprint density at radius 1 is 1.48 bits per heavy atom. The molecule has 1 aromatic carbocycles. The Kier molecular flexibility index (Phi) is 5.90. The maximum atomic E-state index is 9.89. The molecule has 1 heterocycles. The molecule has 0 amide bonds. The summed E-state index contributed by atoms with van der Waals surface area (Å²) < 4.78 is 5.89. The number of likely N-dealkylation sites (tertiary alicyclic amines) is 1. The summed E-state index contributed by atoms with van der Waals surface area (Å²) in [6.07, 6.45) is 3.66. The number of rotatable bonds is 5. The molecule has 0 saturated carbocycles. The van der Waals surface area contributed by atoms with Crippen molar-refractivity contribution in [1.29, 1.82) is 0 Å². The van der Waals surface area contributed by atoms with E-state index in [4.69, 9.17) is 10.5 Å². The lowest BCUT2D eigenvalue weighted by molar-refractivity contribution is 0.107. The number of hydrogen-bond acceptors (Lipinski definition) is 4. The normalized spacial score (nSPS) is 23.2.